The molecule has 0 bridgehead atoms. The van der Waals surface area contributed by atoms with Crippen LogP contribution in [0.4, 0.5) is 0 Å². The van der Waals surface area contributed by atoms with Crippen LogP contribution in [0.1, 0.15) is 17.2 Å². The molecule has 0 spiro atoms. The molecule has 1 atom stereocenters. The molecule has 2 heterocycles. The standard InChI is InChI=1S/C16H15ClN2S/c1-18-15(8-11-4-2-3-5-13(11)17)12-9-16-14(19-10-12)6-7-20-16/h2-7,9-10,15,18H,8H2,1H3. The van der Waals surface area contributed by atoms with Gasteiger partial charge in [-0.2, -0.15) is 0 Å². The van der Waals surface area contributed by atoms with Gasteiger partial charge in [0.1, 0.15) is 0 Å². The summed E-state index contributed by atoms with van der Waals surface area (Å²) < 4.78 is 1.22. The average molecular weight is 303 g/mol. The summed E-state index contributed by atoms with van der Waals surface area (Å²) in [6, 6.07) is 12.5. The molecule has 102 valence electrons. The Morgan fingerprint density at radius 1 is 1.30 bits per heavy atom. The Hall–Kier alpha value is -1.42. The minimum absolute atomic E-state index is 0.217. The minimum Gasteiger partial charge on any atom is -0.313 e. The van der Waals surface area contributed by atoms with E-state index in [1.54, 1.807) is 11.3 Å². The van der Waals surface area contributed by atoms with Crippen LogP contribution in [0.25, 0.3) is 10.2 Å². The molecular formula is C16H15ClN2S. The van der Waals surface area contributed by atoms with E-state index in [2.05, 4.69) is 27.8 Å². The fourth-order valence-corrected chi connectivity index (χ4v) is 3.32. The number of aromatic nitrogens is 1. The number of benzene rings is 1. The average Bonchev–Trinajstić information content (AvgIpc) is 2.94. The second-order valence-electron chi connectivity index (χ2n) is 4.71. The number of thiophene rings is 1. The first-order valence-corrected chi connectivity index (χ1v) is 7.77. The van der Waals surface area contributed by atoms with E-state index in [1.807, 2.05) is 37.5 Å². The summed E-state index contributed by atoms with van der Waals surface area (Å²) in [6.07, 6.45) is 2.81. The molecule has 0 amide bonds. The monoisotopic (exact) mass is 302 g/mol. The van der Waals surface area contributed by atoms with E-state index >= 15 is 0 Å². The van der Waals surface area contributed by atoms with Crippen LogP contribution in [-0.2, 0) is 6.42 Å². The van der Waals surface area contributed by atoms with E-state index in [9.17, 15) is 0 Å². The highest BCUT2D eigenvalue weighted by Gasteiger charge is 2.13. The maximum atomic E-state index is 6.25. The zero-order chi connectivity index (χ0) is 13.9. The summed E-state index contributed by atoms with van der Waals surface area (Å²) in [5, 5.41) is 6.25. The summed E-state index contributed by atoms with van der Waals surface area (Å²) >= 11 is 7.97. The normalized spacial score (nSPS) is 12.7. The Bertz CT molecular complexity index is 723. The molecule has 0 aliphatic carbocycles. The number of likely N-dealkylation sites (N-methyl/N-ethyl adjacent to an activating group) is 1. The highest BCUT2D eigenvalue weighted by atomic mass is 35.5. The minimum atomic E-state index is 0.217. The third-order valence-corrected chi connectivity index (χ3v) is 4.68. The number of rotatable bonds is 4. The molecule has 20 heavy (non-hydrogen) atoms. The maximum Gasteiger partial charge on any atom is 0.0809 e. The third kappa shape index (κ3) is 2.70. The van der Waals surface area contributed by atoms with Crippen molar-refractivity contribution in [3.8, 4) is 0 Å². The smallest absolute Gasteiger partial charge is 0.0809 e. The van der Waals surface area contributed by atoms with Crippen LogP contribution in [0, 0.1) is 0 Å². The summed E-state index contributed by atoms with van der Waals surface area (Å²) in [7, 11) is 1.97. The molecule has 1 unspecified atom stereocenters. The molecule has 0 aliphatic rings. The van der Waals surface area contributed by atoms with Crippen molar-refractivity contribution < 1.29 is 0 Å². The quantitative estimate of drug-likeness (QED) is 0.770. The summed E-state index contributed by atoms with van der Waals surface area (Å²) in [4.78, 5) is 4.51. The third-order valence-electron chi connectivity index (χ3n) is 3.46. The Kier molecular flexibility index (Phi) is 4.01. The first kappa shape index (κ1) is 13.6. The summed E-state index contributed by atoms with van der Waals surface area (Å²) in [5.74, 6) is 0. The molecule has 2 nitrogen and oxygen atoms in total. The van der Waals surface area contributed by atoms with Gasteiger partial charge in [0.05, 0.1) is 10.2 Å². The van der Waals surface area contributed by atoms with Crippen LogP contribution in [-0.4, -0.2) is 12.0 Å². The SMILES string of the molecule is CNC(Cc1ccccc1Cl)c1cnc2ccsc2c1. The van der Waals surface area contributed by atoms with Gasteiger partial charge >= 0.3 is 0 Å². The number of fused-ring (bicyclic) bond motifs is 1. The van der Waals surface area contributed by atoms with Crippen molar-refractivity contribution in [2.45, 2.75) is 12.5 Å². The fraction of sp³-hybridized carbons (Fsp3) is 0.188. The zero-order valence-electron chi connectivity index (χ0n) is 11.1. The fourth-order valence-electron chi connectivity index (χ4n) is 2.32. The molecule has 0 radical (unpaired) electrons. The predicted octanol–water partition coefficient (Wildman–Crippen LogP) is 4.45. The van der Waals surface area contributed by atoms with Gasteiger partial charge in [-0.25, -0.2) is 0 Å². The number of nitrogens with zero attached hydrogens (tertiary/aromatic N) is 1. The molecule has 0 fully saturated rings. The van der Waals surface area contributed by atoms with E-state index in [4.69, 9.17) is 11.6 Å². The molecule has 1 aromatic carbocycles. The topological polar surface area (TPSA) is 24.9 Å². The van der Waals surface area contributed by atoms with Crippen molar-refractivity contribution in [2.75, 3.05) is 7.05 Å². The number of hydrogen-bond acceptors (Lipinski definition) is 3. The predicted molar refractivity (Wildman–Crippen MR) is 86.6 cm³/mol. The Labute approximate surface area is 127 Å². The Morgan fingerprint density at radius 3 is 2.95 bits per heavy atom. The van der Waals surface area contributed by atoms with Crippen LogP contribution in [0.3, 0.4) is 0 Å². The van der Waals surface area contributed by atoms with E-state index in [1.165, 1.54) is 10.3 Å². The van der Waals surface area contributed by atoms with Crippen molar-refractivity contribution >= 4 is 33.2 Å². The molecule has 0 saturated heterocycles. The van der Waals surface area contributed by atoms with Gasteiger partial charge < -0.3 is 5.32 Å². The van der Waals surface area contributed by atoms with Gasteiger partial charge in [-0.15, -0.1) is 11.3 Å². The molecule has 3 aromatic rings. The lowest BCUT2D eigenvalue weighted by Crippen LogP contribution is -2.19. The lowest BCUT2D eigenvalue weighted by Gasteiger charge is -2.17. The van der Waals surface area contributed by atoms with Gasteiger partial charge in [0.2, 0.25) is 0 Å². The lowest BCUT2D eigenvalue weighted by molar-refractivity contribution is 0.591. The van der Waals surface area contributed by atoms with Crippen LogP contribution in [0.2, 0.25) is 5.02 Å². The van der Waals surface area contributed by atoms with Crippen molar-refractivity contribution in [2.24, 2.45) is 0 Å². The van der Waals surface area contributed by atoms with Crippen molar-refractivity contribution in [1.29, 1.82) is 0 Å². The van der Waals surface area contributed by atoms with Crippen LogP contribution in [0.5, 0.6) is 0 Å². The lowest BCUT2D eigenvalue weighted by atomic mass is 10.0. The Morgan fingerprint density at radius 2 is 2.15 bits per heavy atom. The van der Waals surface area contributed by atoms with E-state index in [0.717, 1.165) is 22.5 Å². The van der Waals surface area contributed by atoms with E-state index in [0.29, 0.717) is 0 Å². The molecule has 1 N–H and O–H groups in total. The van der Waals surface area contributed by atoms with Crippen molar-refractivity contribution in [3.63, 3.8) is 0 Å². The summed E-state index contributed by atoms with van der Waals surface area (Å²) in [6.45, 7) is 0. The van der Waals surface area contributed by atoms with E-state index < -0.39 is 0 Å². The largest absolute Gasteiger partial charge is 0.313 e. The number of nitrogens with one attached hydrogen (secondary N) is 1. The van der Waals surface area contributed by atoms with Gasteiger partial charge in [0, 0.05) is 17.3 Å². The van der Waals surface area contributed by atoms with Gasteiger partial charge in [-0.05, 0) is 48.2 Å². The first-order valence-electron chi connectivity index (χ1n) is 6.52. The zero-order valence-corrected chi connectivity index (χ0v) is 12.7. The Balaban J connectivity index is 1.91. The van der Waals surface area contributed by atoms with Crippen molar-refractivity contribution in [1.82, 2.24) is 10.3 Å². The maximum absolute atomic E-state index is 6.25. The van der Waals surface area contributed by atoms with Gasteiger partial charge in [-0.1, -0.05) is 29.8 Å². The van der Waals surface area contributed by atoms with Gasteiger partial charge in [0.15, 0.2) is 0 Å². The van der Waals surface area contributed by atoms with E-state index in [-0.39, 0.29) is 6.04 Å². The second kappa shape index (κ2) is 5.92. The van der Waals surface area contributed by atoms with Crippen LogP contribution in [0.15, 0.2) is 48.0 Å². The first-order chi connectivity index (χ1) is 9.78. The highest BCUT2D eigenvalue weighted by molar-refractivity contribution is 7.17. The molecule has 0 aliphatic heterocycles. The highest BCUT2D eigenvalue weighted by Crippen LogP contribution is 2.26. The number of halogens is 1. The molecule has 3 rings (SSSR count). The van der Waals surface area contributed by atoms with Gasteiger partial charge in [0.25, 0.3) is 0 Å². The number of hydrogen-bond donors (Lipinski definition) is 1. The van der Waals surface area contributed by atoms with Crippen LogP contribution >= 0.6 is 22.9 Å². The van der Waals surface area contributed by atoms with Gasteiger partial charge in [-0.3, -0.25) is 4.98 Å². The molecule has 0 saturated carbocycles. The summed E-state index contributed by atoms with van der Waals surface area (Å²) in [5.41, 5.74) is 3.41. The molecule has 4 heteroatoms. The van der Waals surface area contributed by atoms with Crippen molar-refractivity contribution in [3.05, 3.63) is 64.1 Å². The van der Waals surface area contributed by atoms with Crippen LogP contribution < -0.4 is 5.32 Å². The molecule has 2 aromatic heterocycles. The number of pyridine rings is 1. The second-order valence-corrected chi connectivity index (χ2v) is 6.06. The molecular weight excluding hydrogens is 288 g/mol.